The minimum Gasteiger partial charge on any atom is -0.369 e. The summed E-state index contributed by atoms with van der Waals surface area (Å²) in [4.78, 5) is 18.5. The third-order valence-corrected chi connectivity index (χ3v) is 4.07. The molecule has 0 bridgehead atoms. The number of hydrogen-bond acceptors (Lipinski definition) is 3. The van der Waals surface area contributed by atoms with Gasteiger partial charge >= 0.3 is 6.03 Å². The molecule has 1 atom stereocenters. The lowest BCUT2D eigenvalue weighted by Crippen LogP contribution is -2.43. The van der Waals surface area contributed by atoms with Gasteiger partial charge in [0.1, 0.15) is 0 Å². The summed E-state index contributed by atoms with van der Waals surface area (Å²) in [5.41, 5.74) is 3.19. The van der Waals surface area contributed by atoms with Gasteiger partial charge < -0.3 is 15.5 Å². The SMILES string of the molecule is Cc1ccc(CNC(=O)N[C@H]2CCN(c3ccccc3)C2)cn1. The first-order chi connectivity index (χ1) is 11.2. The fourth-order valence-corrected chi connectivity index (χ4v) is 2.77. The predicted octanol–water partition coefficient (Wildman–Crippen LogP) is 2.47. The first-order valence-electron chi connectivity index (χ1n) is 7.96. The maximum atomic E-state index is 12.0. The Labute approximate surface area is 136 Å². The zero-order chi connectivity index (χ0) is 16.1. The van der Waals surface area contributed by atoms with Crippen LogP contribution in [0.5, 0.6) is 0 Å². The number of hydrogen-bond donors (Lipinski definition) is 2. The number of benzene rings is 1. The maximum Gasteiger partial charge on any atom is 0.315 e. The maximum absolute atomic E-state index is 12.0. The lowest BCUT2D eigenvalue weighted by Gasteiger charge is -2.19. The standard InChI is InChI=1S/C18H22N4O/c1-14-7-8-15(11-19-14)12-20-18(23)21-16-9-10-22(13-16)17-5-3-2-4-6-17/h2-8,11,16H,9-10,12-13H2,1H3,(H2,20,21,23)/t16-/m0/s1. The van der Waals surface area contributed by atoms with Crippen molar-refractivity contribution in [2.75, 3.05) is 18.0 Å². The van der Waals surface area contributed by atoms with Crippen LogP contribution >= 0.6 is 0 Å². The molecule has 2 aromatic rings. The van der Waals surface area contributed by atoms with Crippen LogP contribution in [0.25, 0.3) is 0 Å². The molecule has 0 radical (unpaired) electrons. The van der Waals surface area contributed by atoms with Crippen LogP contribution in [-0.2, 0) is 6.54 Å². The van der Waals surface area contributed by atoms with E-state index in [1.54, 1.807) is 6.20 Å². The van der Waals surface area contributed by atoms with Gasteiger partial charge in [-0.05, 0) is 37.1 Å². The number of rotatable bonds is 4. The van der Waals surface area contributed by atoms with E-state index >= 15 is 0 Å². The van der Waals surface area contributed by atoms with E-state index in [0.29, 0.717) is 6.54 Å². The van der Waals surface area contributed by atoms with E-state index in [4.69, 9.17) is 0 Å². The Morgan fingerprint density at radius 1 is 1.26 bits per heavy atom. The van der Waals surface area contributed by atoms with E-state index in [1.165, 1.54) is 5.69 Å². The third-order valence-electron chi connectivity index (χ3n) is 4.07. The van der Waals surface area contributed by atoms with Crippen LogP contribution in [0.2, 0.25) is 0 Å². The Bertz CT molecular complexity index is 642. The summed E-state index contributed by atoms with van der Waals surface area (Å²) < 4.78 is 0. The van der Waals surface area contributed by atoms with Gasteiger partial charge in [0.05, 0.1) is 0 Å². The van der Waals surface area contributed by atoms with Crippen molar-refractivity contribution in [3.8, 4) is 0 Å². The van der Waals surface area contributed by atoms with Gasteiger partial charge in [0.2, 0.25) is 0 Å². The molecule has 0 spiro atoms. The summed E-state index contributed by atoms with van der Waals surface area (Å²) in [5.74, 6) is 0. The first kappa shape index (κ1) is 15.3. The molecular formula is C18H22N4O. The summed E-state index contributed by atoms with van der Waals surface area (Å²) >= 11 is 0. The highest BCUT2D eigenvalue weighted by atomic mass is 16.2. The number of urea groups is 1. The van der Waals surface area contributed by atoms with Crippen molar-refractivity contribution < 1.29 is 4.79 Å². The topological polar surface area (TPSA) is 57.3 Å². The molecule has 2 amide bonds. The van der Waals surface area contributed by atoms with E-state index in [9.17, 15) is 4.79 Å². The van der Waals surface area contributed by atoms with Gasteiger partial charge in [-0.25, -0.2) is 4.79 Å². The molecule has 3 rings (SSSR count). The van der Waals surface area contributed by atoms with Gasteiger partial charge in [-0.3, -0.25) is 4.98 Å². The Hall–Kier alpha value is -2.56. The lowest BCUT2D eigenvalue weighted by atomic mass is 10.2. The van der Waals surface area contributed by atoms with E-state index in [2.05, 4.69) is 32.7 Å². The number of carbonyl (C=O) groups excluding carboxylic acids is 1. The second-order valence-electron chi connectivity index (χ2n) is 5.90. The summed E-state index contributed by atoms with van der Waals surface area (Å²) in [6.45, 7) is 4.26. The van der Waals surface area contributed by atoms with Crippen LogP contribution < -0.4 is 15.5 Å². The monoisotopic (exact) mass is 310 g/mol. The number of amides is 2. The van der Waals surface area contributed by atoms with Gasteiger partial charge in [0, 0.05) is 43.3 Å². The van der Waals surface area contributed by atoms with E-state index < -0.39 is 0 Å². The average Bonchev–Trinajstić information content (AvgIpc) is 3.04. The van der Waals surface area contributed by atoms with Crippen LogP contribution in [0.1, 0.15) is 17.7 Å². The second kappa shape index (κ2) is 7.13. The summed E-state index contributed by atoms with van der Waals surface area (Å²) in [7, 11) is 0. The minimum absolute atomic E-state index is 0.120. The number of nitrogens with zero attached hydrogens (tertiary/aromatic N) is 2. The molecule has 23 heavy (non-hydrogen) atoms. The van der Waals surface area contributed by atoms with E-state index in [-0.39, 0.29) is 12.1 Å². The molecule has 2 heterocycles. The largest absolute Gasteiger partial charge is 0.369 e. The van der Waals surface area contributed by atoms with Crippen LogP contribution in [-0.4, -0.2) is 30.1 Å². The number of nitrogens with one attached hydrogen (secondary N) is 2. The Kier molecular flexibility index (Phi) is 4.76. The molecule has 1 aliphatic heterocycles. The molecule has 1 saturated heterocycles. The van der Waals surface area contributed by atoms with Crippen molar-refractivity contribution in [3.05, 3.63) is 59.9 Å². The van der Waals surface area contributed by atoms with Gasteiger partial charge in [0.25, 0.3) is 0 Å². The lowest BCUT2D eigenvalue weighted by molar-refractivity contribution is 0.237. The molecule has 5 heteroatoms. The highest BCUT2D eigenvalue weighted by Gasteiger charge is 2.23. The predicted molar refractivity (Wildman–Crippen MR) is 91.4 cm³/mol. The van der Waals surface area contributed by atoms with Crippen LogP contribution in [0.3, 0.4) is 0 Å². The van der Waals surface area contributed by atoms with Crippen molar-refractivity contribution >= 4 is 11.7 Å². The van der Waals surface area contributed by atoms with E-state index in [1.807, 2.05) is 37.3 Å². The molecule has 0 saturated carbocycles. The molecule has 5 nitrogen and oxygen atoms in total. The van der Waals surface area contributed by atoms with Crippen molar-refractivity contribution in [2.24, 2.45) is 0 Å². The van der Waals surface area contributed by atoms with Gasteiger partial charge in [-0.15, -0.1) is 0 Å². The van der Waals surface area contributed by atoms with Crippen molar-refractivity contribution in [1.29, 1.82) is 0 Å². The molecule has 0 unspecified atom stereocenters. The highest BCUT2D eigenvalue weighted by Crippen LogP contribution is 2.19. The van der Waals surface area contributed by atoms with Gasteiger partial charge in [0.15, 0.2) is 0 Å². The van der Waals surface area contributed by atoms with Crippen molar-refractivity contribution in [3.63, 3.8) is 0 Å². The molecular weight excluding hydrogens is 288 g/mol. The van der Waals surface area contributed by atoms with Crippen molar-refractivity contribution in [1.82, 2.24) is 15.6 Å². The summed E-state index contributed by atoms with van der Waals surface area (Å²) in [6.07, 6.45) is 2.76. The number of carbonyl (C=O) groups is 1. The minimum atomic E-state index is -0.120. The highest BCUT2D eigenvalue weighted by molar-refractivity contribution is 5.74. The quantitative estimate of drug-likeness (QED) is 0.912. The van der Waals surface area contributed by atoms with Gasteiger partial charge in [-0.2, -0.15) is 0 Å². The number of para-hydroxylation sites is 1. The van der Waals surface area contributed by atoms with Crippen LogP contribution in [0.15, 0.2) is 48.7 Å². The Morgan fingerprint density at radius 2 is 2.09 bits per heavy atom. The smallest absolute Gasteiger partial charge is 0.315 e. The average molecular weight is 310 g/mol. The molecule has 1 fully saturated rings. The zero-order valence-electron chi connectivity index (χ0n) is 13.3. The number of aryl methyl sites for hydroxylation is 1. The van der Waals surface area contributed by atoms with Crippen LogP contribution in [0.4, 0.5) is 10.5 Å². The zero-order valence-corrected chi connectivity index (χ0v) is 13.3. The number of anilines is 1. The number of aromatic nitrogens is 1. The van der Waals surface area contributed by atoms with Gasteiger partial charge in [-0.1, -0.05) is 24.3 Å². The Balaban J connectivity index is 1.45. The summed E-state index contributed by atoms with van der Waals surface area (Å²) in [6, 6.07) is 14.3. The molecule has 120 valence electrons. The number of pyridine rings is 1. The second-order valence-corrected chi connectivity index (χ2v) is 5.90. The molecule has 0 aliphatic carbocycles. The molecule has 2 N–H and O–H groups in total. The fourth-order valence-electron chi connectivity index (χ4n) is 2.77. The fraction of sp³-hybridized carbons (Fsp3) is 0.333. The van der Waals surface area contributed by atoms with E-state index in [0.717, 1.165) is 30.8 Å². The molecule has 1 aliphatic rings. The van der Waals surface area contributed by atoms with Crippen LogP contribution in [0, 0.1) is 6.92 Å². The third kappa shape index (κ3) is 4.22. The Morgan fingerprint density at radius 3 is 2.83 bits per heavy atom. The molecule has 1 aromatic carbocycles. The first-order valence-corrected chi connectivity index (χ1v) is 7.96. The normalized spacial score (nSPS) is 17.1. The summed E-state index contributed by atoms with van der Waals surface area (Å²) in [5, 5.41) is 5.94. The molecule has 1 aromatic heterocycles. The van der Waals surface area contributed by atoms with Crippen molar-refractivity contribution in [2.45, 2.75) is 25.9 Å².